The summed E-state index contributed by atoms with van der Waals surface area (Å²) in [5, 5.41) is 79.1. The van der Waals surface area contributed by atoms with E-state index in [9.17, 15) is 78.3 Å². The van der Waals surface area contributed by atoms with E-state index < -0.39 is 172 Å². The van der Waals surface area contributed by atoms with Gasteiger partial charge in [0.1, 0.15) is 41.6 Å². The molecule has 662 valence electrons. The van der Waals surface area contributed by atoms with Gasteiger partial charge in [-0.25, -0.2) is 0 Å². The molecule has 15 atom stereocenters. The predicted molar refractivity (Wildman–Crippen MR) is 463 cm³/mol. The summed E-state index contributed by atoms with van der Waals surface area (Å²) in [7, 11) is -2.11. The lowest BCUT2D eigenvalue weighted by molar-refractivity contribution is -0.201. The van der Waals surface area contributed by atoms with E-state index >= 15 is 0 Å². The summed E-state index contributed by atoms with van der Waals surface area (Å²) in [6, 6.07) is 18.8. The summed E-state index contributed by atoms with van der Waals surface area (Å²) >= 11 is 0. The number of guanidine groups is 1. The molecule has 1 aromatic heterocycles. The second kappa shape index (κ2) is 36.0. The fourth-order valence-corrected chi connectivity index (χ4v) is 30.2. The van der Waals surface area contributed by atoms with Gasteiger partial charge in [-0.05, 0) is 149 Å². The highest BCUT2D eigenvalue weighted by molar-refractivity contribution is 6.92. The molecule has 1 spiro atoms. The van der Waals surface area contributed by atoms with Crippen molar-refractivity contribution in [2.24, 2.45) is 27.8 Å². The van der Waals surface area contributed by atoms with Crippen LogP contribution in [0.4, 0.5) is 5.69 Å². The number of hydrogen-bond donors (Lipinski definition) is 15. The molecule has 1 saturated carbocycles. The van der Waals surface area contributed by atoms with Crippen LogP contribution in [0.5, 0.6) is 5.75 Å². The maximum atomic E-state index is 14.9. The number of nitrogens with one attached hydrogen (secondary N) is 8. The monoisotopic (exact) mass is 1730 g/mol. The number of carbonyl (C=O) groups is 11. The smallest absolute Gasteiger partial charge is 0.325 e. The zero-order valence-electron chi connectivity index (χ0n) is 71.5. The number of para-hydroxylation sites is 1. The quantitative estimate of drug-likeness (QED) is 0.00650. The van der Waals surface area contributed by atoms with Gasteiger partial charge in [0.15, 0.2) is 20.1 Å². The summed E-state index contributed by atoms with van der Waals surface area (Å²) in [5.41, 5.74) is 14.0. The fourth-order valence-electron chi connectivity index (χ4n) is 21.6. The Morgan fingerprint density at radius 3 is 2.20 bits per heavy atom. The van der Waals surface area contributed by atoms with Gasteiger partial charge in [0, 0.05) is 140 Å². The molecule has 9 aliphatic rings. The van der Waals surface area contributed by atoms with Crippen LogP contribution >= 0.6 is 0 Å². The first-order valence-corrected chi connectivity index (χ1v) is 48.9. The number of likely N-dealkylation sites (N-methyl/N-ethyl adjacent to an activating group) is 1. The Hall–Kier alpha value is -10.4. The SMILES string of the molecule is CC[C@]1(O)C[C@H]2CN(CCc3c([nH]c4ccccc34)[C@@](C)(c3cc4c(cc3OC)N(C)[C@@H]3[C@]45CCN4CC=C[C@@](CC)(C(O)[C@]3(O)CCC(=O)c3ccc([Si](C)(C)O[Si](C)(C)CC(NC(=O)CCC(=O)NCc6ccc(CN7C(=O)[C@H]8CC(=O)N[C@@H](CCCN=C(N)N)C(=O)NCC(=O)N[C@@H](CC(=O)O)C(=O)NC[C@H]7C(=O)N8)cc6)C(=O)O)cc3)[C@@H]45)C2)C1. The van der Waals surface area contributed by atoms with Crippen molar-refractivity contribution in [2.45, 2.75) is 226 Å². The molecule has 35 heteroatoms. The molecule has 17 N–H and O–H groups in total. The number of piperidine rings is 1. The third-order valence-electron chi connectivity index (χ3n) is 27.2. The zero-order chi connectivity index (χ0) is 88.6. The number of amides is 8. The number of rotatable bonds is 28. The second-order valence-corrected chi connectivity index (χ2v) is 44.7. The molecule has 8 amide bonds. The number of aliphatic imine (C=N–C) groups is 1. The average molecular weight is 1730 g/mol. The number of hydrogen-bond acceptors (Lipinski definition) is 20. The van der Waals surface area contributed by atoms with Crippen LogP contribution in [-0.2, 0) is 82.4 Å². The number of ether oxygens (including phenoxy) is 1. The van der Waals surface area contributed by atoms with Crippen LogP contribution in [0.2, 0.25) is 32.2 Å². The third-order valence-corrected chi connectivity index (χ3v) is 34.6. The maximum Gasteiger partial charge on any atom is 0.325 e. The van der Waals surface area contributed by atoms with Crippen LogP contribution in [0, 0.1) is 11.3 Å². The highest BCUT2D eigenvalue weighted by Gasteiger charge is 2.76. The number of methoxy groups -OCH3 is 1. The molecular formula is C88H119N15O18Si2. The molecule has 8 aliphatic heterocycles. The minimum absolute atomic E-state index is 0.0183. The van der Waals surface area contributed by atoms with E-state index in [1.807, 2.05) is 45.4 Å². The van der Waals surface area contributed by atoms with Gasteiger partial charge in [0.05, 0.1) is 44.2 Å². The Bertz CT molecular complexity index is 4980. The summed E-state index contributed by atoms with van der Waals surface area (Å²) in [6.07, 6.45) is 5.00. The molecule has 4 bridgehead atoms. The van der Waals surface area contributed by atoms with Gasteiger partial charge in [-0.1, -0.05) is 92.7 Å². The van der Waals surface area contributed by atoms with Crippen molar-refractivity contribution >= 4 is 109 Å². The number of benzene rings is 4. The number of aliphatic hydroxyl groups is 3. The van der Waals surface area contributed by atoms with Crippen LogP contribution in [0.15, 0.2) is 102 Å². The maximum absolute atomic E-state index is 14.9. The molecule has 1 aliphatic carbocycles. The number of piperazine rings is 1. The lowest BCUT2D eigenvalue weighted by Gasteiger charge is -2.64. The minimum Gasteiger partial charge on any atom is -0.496 e. The van der Waals surface area contributed by atoms with Crippen molar-refractivity contribution in [1.29, 1.82) is 0 Å². The van der Waals surface area contributed by atoms with E-state index in [-0.39, 0.29) is 87.9 Å². The Balaban J connectivity index is 0.634. The van der Waals surface area contributed by atoms with E-state index in [1.54, 1.807) is 43.5 Å². The number of carboxylic acid groups (broad SMARTS) is 2. The number of Topliss-reactive ketones (excluding diaryl/α,β-unsaturated/α-hetero) is 1. The van der Waals surface area contributed by atoms with E-state index in [0.717, 1.165) is 76.3 Å². The Morgan fingerprint density at radius 1 is 0.797 bits per heavy atom. The molecule has 3 unspecified atom stereocenters. The van der Waals surface area contributed by atoms with Crippen molar-refractivity contribution < 1.29 is 87.1 Å². The average Bonchev–Trinajstić information content (AvgIpc) is 1.49. The number of carboxylic acids is 2. The standard InChI is InChI=1S/C88H119N15O18Si2/c1-10-85(118)43-53-42-84(3,74-57(30-36-101(47-53)50-85)56-16-12-13-17-60(56)98-74)59-38-58-65(41-68(59)120-5)100(4)81-87(58)33-37-102-35-15-31-86(11-2,80(87)102)82(117)88(81,119)32-29-67(104)54-23-25-55(26-24-54)123(8,9)121-122(6,7)49-64(79(115)116)97-70(106)28-27-69(105)92-44-51-19-21-52(22-20-51)48-103-66-45-93-76(112)62(40-73(109)110)96-72(108)46-94-75(111)61(18-14-34-91-83(89)90)95-71(107)39-63(78(103)114)99-77(66)113/h12-13,15-17,19-26,31,38,41,53,61-64,66,80-82,98,117-119H,10-11,14,18,27-30,32-37,39-40,42-50H2,1-9H3,(H,92,105)(H,93,112)(H,94,111)(H,95,107)(H,96,108)(H,97,106)(H,99,113)(H,109,110)(H,115,116)(H4,89,90,91)/t53-,61-,62-,63+,64?,66-,80+,81+,82?,84+,85-,86+,87+,88-/m0/s1. The van der Waals surface area contributed by atoms with Crippen molar-refractivity contribution in [3.8, 4) is 5.75 Å². The second-order valence-electron chi connectivity index (χ2n) is 36.4. The van der Waals surface area contributed by atoms with E-state index in [2.05, 4.69) is 131 Å². The number of fused-ring (bicyclic) bond motifs is 20. The number of H-pyrrole nitrogens is 1. The zero-order valence-corrected chi connectivity index (χ0v) is 73.5. The summed E-state index contributed by atoms with van der Waals surface area (Å²) < 4.78 is 13.5. The predicted octanol–water partition coefficient (Wildman–Crippen LogP) is 2.39. The molecular weight excluding hydrogens is 1610 g/mol. The van der Waals surface area contributed by atoms with Crippen LogP contribution in [-0.4, -0.2) is 259 Å². The summed E-state index contributed by atoms with van der Waals surface area (Å²) in [4.78, 5) is 164. The molecule has 0 radical (unpaired) electrons. The first-order chi connectivity index (χ1) is 58.3. The Labute approximate surface area is 717 Å². The van der Waals surface area contributed by atoms with Crippen molar-refractivity contribution in [3.05, 3.63) is 136 Å². The minimum atomic E-state index is -2.96. The molecule has 9 heterocycles. The number of ketones is 1. The number of anilines is 1. The van der Waals surface area contributed by atoms with Crippen LogP contribution < -0.4 is 63.5 Å². The van der Waals surface area contributed by atoms with E-state index in [4.69, 9.17) is 20.3 Å². The van der Waals surface area contributed by atoms with Crippen molar-refractivity contribution in [1.82, 2.24) is 56.9 Å². The first kappa shape index (κ1) is 90.3. The Morgan fingerprint density at radius 2 is 1.50 bits per heavy atom. The number of carbonyl (C=O) groups excluding carboxylic acids is 9. The van der Waals surface area contributed by atoms with Gasteiger partial charge in [0.2, 0.25) is 55.6 Å². The molecule has 4 aromatic carbocycles. The third kappa shape index (κ3) is 18.4. The lowest BCUT2D eigenvalue weighted by Crippen LogP contribution is -2.78. The number of aliphatic carboxylic acids is 2. The van der Waals surface area contributed by atoms with Gasteiger partial charge in [0.25, 0.3) is 0 Å². The number of nitrogens with zero attached hydrogens (tertiary/aromatic N) is 5. The van der Waals surface area contributed by atoms with Gasteiger partial charge >= 0.3 is 11.9 Å². The van der Waals surface area contributed by atoms with Gasteiger partial charge in [-0.3, -0.25) is 67.5 Å². The van der Waals surface area contributed by atoms with Crippen LogP contribution in [0.1, 0.15) is 148 Å². The Kier molecular flexibility index (Phi) is 26.5. The van der Waals surface area contributed by atoms with E-state index in [1.165, 1.54) is 10.9 Å². The summed E-state index contributed by atoms with van der Waals surface area (Å²) in [6.45, 7) is 16.5. The highest BCUT2D eigenvalue weighted by atomic mass is 28.4. The fraction of sp³-hybridized carbons (Fsp3) is 0.545. The van der Waals surface area contributed by atoms with E-state index in [0.29, 0.717) is 55.5 Å². The molecule has 123 heavy (non-hydrogen) atoms. The molecule has 33 nitrogen and oxygen atoms in total. The number of nitrogens with two attached hydrogens (primary N) is 2. The van der Waals surface area contributed by atoms with Crippen molar-refractivity contribution in [3.63, 3.8) is 0 Å². The van der Waals surface area contributed by atoms with Crippen molar-refractivity contribution in [2.75, 3.05) is 71.4 Å². The van der Waals surface area contributed by atoms with Crippen LogP contribution in [0.25, 0.3) is 10.9 Å². The van der Waals surface area contributed by atoms with Gasteiger partial charge in [-0.15, -0.1) is 0 Å². The normalized spacial score (nSPS) is 28.7. The van der Waals surface area contributed by atoms with Gasteiger partial charge < -0.3 is 97.9 Å². The molecule has 14 rings (SSSR count). The largest absolute Gasteiger partial charge is 0.496 e. The molecule has 6 fully saturated rings. The number of aromatic nitrogens is 1. The molecule has 5 aromatic rings. The first-order valence-electron chi connectivity index (χ1n) is 42.8. The number of aliphatic hydroxyl groups excluding tert-OH is 1. The highest BCUT2D eigenvalue weighted by Crippen LogP contribution is 2.68. The molecule has 5 saturated heterocycles. The van der Waals surface area contributed by atoms with Gasteiger partial charge in [-0.2, -0.15) is 0 Å². The lowest BCUT2D eigenvalue weighted by atomic mass is 9.47. The number of aromatic amines is 1. The van der Waals surface area contributed by atoms with Crippen LogP contribution in [0.3, 0.4) is 0 Å². The summed E-state index contributed by atoms with van der Waals surface area (Å²) in [5.74, 6) is -8.63. The topological polar surface area (TPSA) is 485 Å².